The number of piperazine rings is 1. The average Bonchev–Trinajstić information content (AvgIpc) is 3.31. The number of ether oxygens (including phenoxy) is 2. The first-order valence-electron chi connectivity index (χ1n) is 11.2. The molecular weight excluding hydrogens is 442 g/mol. The van der Waals surface area contributed by atoms with Gasteiger partial charge in [0.25, 0.3) is 0 Å². The molecule has 2 aliphatic heterocycles. The number of benzene rings is 2. The lowest BCUT2D eigenvalue weighted by atomic mass is 10.1. The molecule has 0 aliphatic carbocycles. The van der Waals surface area contributed by atoms with E-state index in [0.29, 0.717) is 24.6 Å². The number of hydrogen-bond acceptors (Lipinski definition) is 6. The number of rotatable bonds is 7. The molecule has 1 atom stereocenters. The van der Waals surface area contributed by atoms with Gasteiger partial charge in [0.15, 0.2) is 11.5 Å². The van der Waals surface area contributed by atoms with Gasteiger partial charge in [-0.15, -0.1) is 0 Å². The molecule has 0 aromatic heterocycles. The van der Waals surface area contributed by atoms with Crippen molar-refractivity contribution in [2.24, 2.45) is 0 Å². The number of nitrogens with zero attached hydrogens (tertiary/aromatic N) is 3. The summed E-state index contributed by atoms with van der Waals surface area (Å²) in [4.78, 5) is 17.5. The Morgan fingerprint density at radius 3 is 2.30 bits per heavy atom. The first-order valence-corrected chi connectivity index (χ1v) is 12.7. The third-order valence-electron chi connectivity index (χ3n) is 6.42. The van der Waals surface area contributed by atoms with E-state index in [2.05, 4.69) is 17.0 Å². The second kappa shape index (κ2) is 10.1. The van der Waals surface area contributed by atoms with Crippen LogP contribution in [0, 0.1) is 0 Å². The van der Waals surface area contributed by atoms with Gasteiger partial charge in [-0.2, -0.15) is 4.31 Å². The Bertz CT molecular complexity index is 1070. The van der Waals surface area contributed by atoms with E-state index in [1.807, 2.05) is 23.1 Å². The third-order valence-corrected chi connectivity index (χ3v) is 8.31. The maximum atomic E-state index is 13.3. The Labute approximate surface area is 195 Å². The first kappa shape index (κ1) is 23.5. The van der Waals surface area contributed by atoms with Crippen molar-refractivity contribution in [2.75, 3.05) is 46.9 Å². The molecule has 178 valence electrons. The average molecular weight is 474 g/mol. The quantitative estimate of drug-likeness (QED) is 0.614. The topological polar surface area (TPSA) is 79.4 Å². The van der Waals surface area contributed by atoms with Gasteiger partial charge in [-0.1, -0.05) is 30.3 Å². The van der Waals surface area contributed by atoms with Gasteiger partial charge in [0.1, 0.15) is 0 Å². The van der Waals surface area contributed by atoms with Crippen LogP contribution in [0.2, 0.25) is 0 Å². The van der Waals surface area contributed by atoms with Crippen LogP contribution >= 0.6 is 0 Å². The lowest BCUT2D eigenvalue weighted by Crippen LogP contribution is -2.54. The number of hydrogen-bond donors (Lipinski definition) is 0. The Kier molecular flexibility index (Phi) is 7.21. The lowest BCUT2D eigenvalue weighted by Gasteiger charge is -2.36. The van der Waals surface area contributed by atoms with Crippen LogP contribution in [0.1, 0.15) is 18.4 Å². The highest BCUT2D eigenvalue weighted by Gasteiger charge is 2.36. The highest BCUT2D eigenvalue weighted by molar-refractivity contribution is 7.89. The molecule has 8 nitrogen and oxygen atoms in total. The highest BCUT2D eigenvalue weighted by Crippen LogP contribution is 2.31. The molecule has 0 N–H and O–H groups in total. The molecule has 2 aliphatic rings. The second-order valence-electron chi connectivity index (χ2n) is 8.36. The zero-order chi connectivity index (χ0) is 23.4. The molecule has 2 heterocycles. The molecule has 0 spiro atoms. The zero-order valence-corrected chi connectivity index (χ0v) is 20.0. The molecule has 4 rings (SSSR count). The minimum Gasteiger partial charge on any atom is -0.493 e. The molecule has 1 amide bonds. The summed E-state index contributed by atoms with van der Waals surface area (Å²) in [7, 11) is -0.707. The van der Waals surface area contributed by atoms with E-state index in [9.17, 15) is 13.2 Å². The van der Waals surface area contributed by atoms with E-state index in [1.165, 1.54) is 36.2 Å². The van der Waals surface area contributed by atoms with E-state index in [-0.39, 0.29) is 29.9 Å². The lowest BCUT2D eigenvalue weighted by molar-refractivity contribution is -0.137. The van der Waals surface area contributed by atoms with Crippen molar-refractivity contribution in [2.45, 2.75) is 30.3 Å². The number of carbonyl (C=O) groups excluding carboxylic acids is 1. The van der Waals surface area contributed by atoms with E-state index in [1.54, 1.807) is 6.07 Å². The maximum Gasteiger partial charge on any atom is 0.243 e. The van der Waals surface area contributed by atoms with Crippen molar-refractivity contribution >= 4 is 15.9 Å². The third kappa shape index (κ3) is 5.00. The SMILES string of the molecule is COc1ccc(S(=O)(=O)N2CCN(C(=O)C3CCCN3Cc3ccccc3)CC2)cc1OC. The van der Waals surface area contributed by atoms with Gasteiger partial charge in [0.2, 0.25) is 15.9 Å². The standard InChI is InChI=1S/C24H31N3O5S/c1-31-22-11-10-20(17-23(22)32-2)33(29,30)27-15-13-25(14-16-27)24(28)21-9-6-12-26(21)18-19-7-4-3-5-8-19/h3-5,7-8,10-11,17,21H,6,9,12-16,18H2,1-2H3. The minimum atomic E-state index is -3.69. The smallest absolute Gasteiger partial charge is 0.243 e. The summed E-state index contributed by atoms with van der Waals surface area (Å²) in [6.45, 7) is 2.98. The van der Waals surface area contributed by atoms with Crippen molar-refractivity contribution in [3.05, 3.63) is 54.1 Å². The van der Waals surface area contributed by atoms with Gasteiger partial charge < -0.3 is 14.4 Å². The first-order chi connectivity index (χ1) is 15.9. The van der Waals surface area contributed by atoms with Crippen LogP contribution in [0.4, 0.5) is 0 Å². The summed E-state index contributed by atoms with van der Waals surface area (Å²) >= 11 is 0. The van der Waals surface area contributed by atoms with Gasteiger partial charge in [-0.3, -0.25) is 9.69 Å². The summed E-state index contributed by atoms with van der Waals surface area (Å²) in [5, 5.41) is 0. The van der Waals surface area contributed by atoms with Crippen LogP contribution in [0.3, 0.4) is 0 Å². The molecule has 2 aromatic rings. The molecule has 1 unspecified atom stereocenters. The molecule has 2 aromatic carbocycles. The largest absolute Gasteiger partial charge is 0.493 e. The van der Waals surface area contributed by atoms with Crippen LogP contribution in [0.25, 0.3) is 0 Å². The summed E-state index contributed by atoms with van der Waals surface area (Å²) in [5.41, 5.74) is 1.20. The normalized spacial score (nSPS) is 20.1. The molecule has 33 heavy (non-hydrogen) atoms. The van der Waals surface area contributed by atoms with Gasteiger partial charge >= 0.3 is 0 Å². The Balaban J connectivity index is 1.39. The zero-order valence-electron chi connectivity index (χ0n) is 19.1. The molecule has 0 saturated carbocycles. The van der Waals surface area contributed by atoms with Crippen LogP contribution < -0.4 is 9.47 Å². The maximum absolute atomic E-state index is 13.3. The number of likely N-dealkylation sites (tertiary alicyclic amines) is 1. The molecule has 0 radical (unpaired) electrons. The van der Waals surface area contributed by atoms with E-state index >= 15 is 0 Å². The Morgan fingerprint density at radius 2 is 1.64 bits per heavy atom. The number of methoxy groups -OCH3 is 2. The summed E-state index contributed by atoms with van der Waals surface area (Å²) in [6.07, 6.45) is 1.84. The summed E-state index contributed by atoms with van der Waals surface area (Å²) < 4.78 is 38.2. The van der Waals surface area contributed by atoms with Crippen molar-refractivity contribution in [3.63, 3.8) is 0 Å². The molecule has 2 saturated heterocycles. The second-order valence-corrected chi connectivity index (χ2v) is 10.3. The fraction of sp³-hybridized carbons (Fsp3) is 0.458. The highest BCUT2D eigenvalue weighted by atomic mass is 32.2. The van der Waals surface area contributed by atoms with Crippen molar-refractivity contribution in [3.8, 4) is 11.5 Å². The van der Waals surface area contributed by atoms with Gasteiger partial charge in [0.05, 0.1) is 25.2 Å². The molecular formula is C24H31N3O5S. The number of carbonyl (C=O) groups is 1. The predicted octanol–water partition coefficient (Wildman–Crippen LogP) is 2.20. The fourth-order valence-corrected chi connectivity index (χ4v) is 6.04. The molecule has 0 bridgehead atoms. The van der Waals surface area contributed by atoms with Crippen LogP contribution in [0.15, 0.2) is 53.4 Å². The van der Waals surface area contributed by atoms with Crippen molar-refractivity contribution in [1.29, 1.82) is 0 Å². The minimum absolute atomic E-state index is 0.103. The number of amides is 1. The van der Waals surface area contributed by atoms with E-state index in [4.69, 9.17) is 9.47 Å². The van der Waals surface area contributed by atoms with Crippen molar-refractivity contribution < 1.29 is 22.7 Å². The Morgan fingerprint density at radius 1 is 0.939 bits per heavy atom. The van der Waals surface area contributed by atoms with Crippen LogP contribution in [-0.2, 0) is 21.4 Å². The molecule has 9 heteroatoms. The number of sulfonamides is 1. The molecule has 2 fully saturated rings. The van der Waals surface area contributed by atoms with Gasteiger partial charge in [-0.05, 0) is 37.1 Å². The predicted molar refractivity (Wildman–Crippen MR) is 125 cm³/mol. The summed E-state index contributed by atoms with van der Waals surface area (Å²) in [6, 6.07) is 14.6. The fourth-order valence-electron chi connectivity index (χ4n) is 4.60. The van der Waals surface area contributed by atoms with Gasteiger partial charge in [-0.25, -0.2) is 8.42 Å². The van der Waals surface area contributed by atoms with E-state index < -0.39 is 10.0 Å². The summed E-state index contributed by atoms with van der Waals surface area (Å²) in [5.74, 6) is 0.946. The monoisotopic (exact) mass is 473 g/mol. The van der Waals surface area contributed by atoms with Crippen molar-refractivity contribution in [1.82, 2.24) is 14.1 Å². The van der Waals surface area contributed by atoms with E-state index in [0.717, 1.165) is 25.9 Å². The van der Waals surface area contributed by atoms with Gasteiger partial charge in [0, 0.05) is 38.8 Å². The Hall–Kier alpha value is -2.62. The van der Waals surface area contributed by atoms with Crippen LogP contribution in [-0.4, -0.2) is 81.4 Å². The van der Waals surface area contributed by atoms with Crippen LogP contribution in [0.5, 0.6) is 11.5 Å².